The maximum Gasteiger partial charge on any atom is 0.133 e. The zero-order valence-electron chi connectivity index (χ0n) is 5.76. The molecule has 0 heterocycles. The molecule has 0 aliphatic heterocycles. The van der Waals surface area contributed by atoms with Gasteiger partial charge in [-0.15, -0.1) is 11.8 Å². The van der Waals surface area contributed by atoms with Gasteiger partial charge in [-0.05, 0) is 18.8 Å². The van der Waals surface area contributed by atoms with Gasteiger partial charge in [-0.1, -0.05) is 0 Å². The average Bonchev–Trinajstić information content (AvgIpc) is 1.89. The lowest BCUT2D eigenvalue weighted by molar-refractivity contribution is 0.291. The van der Waals surface area contributed by atoms with Gasteiger partial charge in [0.1, 0.15) is 5.94 Å². The first-order chi connectivity index (χ1) is 4.31. The first-order valence-corrected chi connectivity index (χ1v) is 4.07. The molecule has 54 valence electrons. The number of aliphatic hydroxyl groups excluding tert-OH is 1. The van der Waals surface area contributed by atoms with Crippen molar-refractivity contribution >= 4 is 11.8 Å². The highest BCUT2D eigenvalue weighted by Crippen LogP contribution is 1.95. The number of hydrogen-bond donors (Lipinski definition) is 1. The molecule has 0 saturated carbocycles. The molecule has 0 aromatic carbocycles. The maximum atomic E-state index is 8.48. The van der Waals surface area contributed by atoms with E-state index in [-0.39, 0.29) is 6.61 Å². The Morgan fingerprint density at radius 1 is 1.78 bits per heavy atom. The summed E-state index contributed by atoms with van der Waals surface area (Å²) < 4.78 is 4.98. The second-order valence-corrected chi connectivity index (χ2v) is 2.51. The molecule has 0 fully saturated rings. The molecule has 0 unspecified atom stereocenters. The summed E-state index contributed by atoms with van der Waals surface area (Å²) in [7, 11) is 0. The Morgan fingerprint density at radius 2 is 2.44 bits per heavy atom. The van der Waals surface area contributed by atoms with E-state index in [2.05, 4.69) is 0 Å². The Hall–Kier alpha value is -0.150. The Morgan fingerprint density at radius 3 is 2.89 bits per heavy atom. The third-order valence-electron chi connectivity index (χ3n) is 0.720. The van der Waals surface area contributed by atoms with Crippen LogP contribution in [0.15, 0.2) is 11.8 Å². The van der Waals surface area contributed by atoms with Crippen LogP contribution >= 0.6 is 11.8 Å². The molecule has 0 spiro atoms. The van der Waals surface area contributed by atoms with Gasteiger partial charge in [0, 0.05) is 0 Å². The van der Waals surface area contributed by atoms with Gasteiger partial charge in [0.25, 0.3) is 0 Å². The van der Waals surface area contributed by atoms with Gasteiger partial charge >= 0.3 is 0 Å². The van der Waals surface area contributed by atoms with Crippen LogP contribution in [0.25, 0.3) is 0 Å². The van der Waals surface area contributed by atoms with Crippen molar-refractivity contribution in [1.29, 1.82) is 0 Å². The number of ether oxygens (including phenoxy) is 1. The van der Waals surface area contributed by atoms with Crippen molar-refractivity contribution in [2.24, 2.45) is 0 Å². The molecular formula is C6H12O2S. The van der Waals surface area contributed by atoms with Crippen LogP contribution in [0.1, 0.15) is 6.92 Å². The van der Waals surface area contributed by atoms with Crippen LogP contribution in [0.2, 0.25) is 0 Å². The van der Waals surface area contributed by atoms with Crippen molar-refractivity contribution in [3.63, 3.8) is 0 Å². The number of aliphatic hydroxyl groups is 1. The van der Waals surface area contributed by atoms with Gasteiger partial charge in [-0.2, -0.15) is 0 Å². The summed E-state index contributed by atoms with van der Waals surface area (Å²) in [5.41, 5.74) is 0.851. The minimum absolute atomic E-state index is 0.0778. The van der Waals surface area contributed by atoms with Gasteiger partial charge in [0.05, 0.1) is 12.9 Å². The molecule has 0 aliphatic carbocycles. The molecule has 0 amide bonds. The summed E-state index contributed by atoms with van der Waals surface area (Å²) in [5.74, 6) is 0.650. The van der Waals surface area contributed by atoms with Gasteiger partial charge < -0.3 is 9.84 Å². The fourth-order valence-electron chi connectivity index (χ4n) is 0.282. The van der Waals surface area contributed by atoms with E-state index in [4.69, 9.17) is 9.84 Å². The number of thioether (sulfide) groups is 1. The predicted molar refractivity (Wildman–Crippen MR) is 40.3 cm³/mol. The van der Waals surface area contributed by atoms with E-state index in [0.717, 1.165) is 5.57 Å². The number of rotatable bonds is 4. The Balaban J connectivity index is 3.21. The van der Waals surface area contributed by atoms with E-state index >= 15 is 0 Å². The molecule has 1 N–H and O–H groups in total. The summed E-state index contributed by atoms with van der Waals surface area (Å²) in [6.45, 7) is 1.90. The summed E-state index contributed by atoms with van der Waals surface area (Å²) >= 11 is 1.61. The minimum Gasteiger partial charge on any atom is -0.491 e. The monoisotopic (exact) mass is 148 g/mol. The van der Waals surface area contributed by atoms with Gasteiger partial charge in [0.2, 0.25) is 0 Å². The summed E-state index contributed by atoms with van der Waals surface area (Å²) in [5, 5.41) is 8.48. The fraction of sp³-hybridized carbons (Fsp3) is 0.667. The lowest BCUT2D eigenvalue weighted by Crippen LogP contribution is -1.86. The topological polar surface area (TPSA) is 29.5 Å². The van der Waals surface area contributed by atoms with Crippen LogP contribution in [-0.4, -0.2) is 23.9 Å². The van der Waals surface area contributed by atoms with Crippen molar-refractivity contribution in [2.75, 3.05) is 18.8 Å². The molecule has 0 atom stereocenters. The Labute approximate surface area is 59.9 Å². The van der Waals surface area contributed by atoms with Crippen molar-refractivity contribution in [2.45, 2.75) is 6.92 Å². The molecule has 0 aliphatic rings. The third-order valence-corrected chi connectivity index (χ3v) is 1.09. The lowest BCUT2D eigenvalue weighted by atomic mass is 10.4. The smallest absolute Gasteiger partial charge is 0.133 e. The highest BCUT2D eigenvalue weighted by atomic mass is 32.2. The van der Waals surface area contributed by atoms with Crippen LogP contribution in [-0.2, 0) is 4.74 Å². The van der Waals surface area contributed by atoms with Crippen molar-refractivity contribution in [3.05, 3.63) is 11.8 Å². The van der Waals surface area contributed by atoms with E-state index in [1.807, 2.05) is 13.2 Å². The van der Waals surface area contributed by atoms with E-state index in [1.54, 1.807) is 18.0 Å². The van der Waals surface area contributed by atoms with Crippen molar-refractivity contribution in [3.8, 4) is 0 Å². The van der Waals surface area contributed by atoms with E-state index in [0.29, 0.717) is 5.94 Å². The van der Waals surface area contributed by atoms with Crippen LogP contribution < -0.4 is 0 Å². The summed E-state index contributed by atoms with van der Waals surface area (Å²) in [6, 6.07) is 0. The zero-order valence-corrected chi connectivity index (χ0v) is 6.57. The maximum absolute atomic E-state index is 8.48. The Kier molecular flexibility index (Phi) is 5.88. The SMILES string of the molecule is CSCO/C=C(\C)CO. The molecule has 2 nitrogen and oxygen atoms in total. The normalized spacial score (nSPS) is 11.7. The first kappa shape index (κ1) is 8.85. The van der Waals surface area contributed by atoms with Crippen molar-refractivity contribution in [1.82, 2.24) is 0 Å². The lowest BCUT2D eigenvalue weighted by Gasteiger charge is -1.97. The second kappa shape index (κ2) is 5.98. The molecule has 0 saturated heterocycles. The average molecular weight is 148 g/mol. The summed E-state index contributed by atoms with van der Waals surface area (Å²) in [4.78, 5) is 0. The molecule has 9 heavy (non-hydrogen) atoms. The second-order valence-electron chi connectivity index (χ2n) is 1.70. The molecular weight excluding hydrogens is 136 g/mol. The highest BCUT2D eigenvalue weighted by molar-refractivity contribution is 7.98. The molecule has 0 radical (unpaired) electrons. The minimum atomic E-state index is 0.0778. The van der Waals surface area contributed by atoms with E-state index < -0.39 is 0 Å². The quantitative estimate of drug-likeness (QED) is 0.369. The van der Waals surface area contributed by atoms with Crippen LogP contribution in [0.5, 0.6) is 0 Å². The molecule has 0 bridgehead atoms. The number of hydrogen-bond acceptors (Lipinski definition) is 3. The largest absolute Gasteiger partial charge is 0.491 e. The molecule has 3 heteroatoms. The first-order valence-electron chi connectivity index (χ1n) is 2.68. The zero-order chi connectivity index (χ0) is 7.11. The van der Waals surface area contributed by atoms with Crippen LogP contribution in [0.3, 0.4) is 0 Å². The third kappa shape index (κ3) is 5.73. The van der Waals surface area contributed by atoms with Gasteiger partial charge in [-0.3, -0.25) is 0 Å². The standard InChI is InChI=1S/C6H12O2S/c1-6(3-7)4-8-5-9-2/h4,7H,3,5H2,1-2H3/b6-4+. The predicted octanol–water partition coefficient (Wildman–Crippen LogP) is 1.22. The van der Waals surface area contributed by atoms with Crippen LogP contribution in [0.4, 0.5) is 0 Å². The highest BCUT2D eigenvalue weighted by Gasteiger charge is 1.82. The van der Waals surface area contributed by atoms with Gasteiger partial charge in [0.15, 0.2) is 0 Å². The van der Waals surface area contributed by atoms with Crippen molar-refractivity contribution < 1.29 is 9.84 Å². The summed E-state index contributed by atoms with van der Waals surface area (Å²) in [6.07, 6.45) is 3.54. The Bertz CT molecular complexity index is 91.1. The fourth-order valence-corrected chi connectivity index (χ4v) is 0.486. The van der Waals surface area contributed by atoms with Gasteiger partial charge in [-0.25, -0.2) is 0 Å². The van der Waals surface area contributed by atoms with Crippen LogP contribution in [0, 0.1) is 0 Å². The molecule has 0 rings (SSSR count). The molecule has 0 aromatic heterocycles. The van der Waals surface area contributed by atoms with E-state index in [9.17, 15) is 0 Å². The molecule has 0 aromatic rings. The van der Waals surface area contributed by atoms with E-state index in [1.165, 1.54) is 0 Å².